The summed E-state index contributed by atoms with van der Waals surface area (Å²) in [4.78, 5) is 12.2. The van der Waals surface area contributed by atoms with E-state index in [0.29, 0.717) is 6.42 Å². The summed E-state index contributed by atoms with van der Waals surface area (Å²) < 4.78 is 1.00. The van der Waals surface area contributed by atoms with E-state index in [2.05, 4.69) is 66.3 Å². The van der Waals surface area contributed by atoms with Crippen LogP contribution in [0.25, 0.3) is 0 Å². The Balaban J connectivity index is 1.91. The Hall–Kier alpha value is -1.61. The van der Waals surface area contributed by atoms with Crippen molar-refractivity contribution in [3.63, 3.8) is 0 Å². The minimum atomic E-state index is 0.0315. The van der Waals surface area contributed by atoms with Gasteiger partial charge < -0.3 is 5.32 Å². The Labute approximate surface area is 147 Å². The average molecular weight is 374 g/mol. The molecule has 1 amide bonds. The van der Waals surface area contributed by atoms with Crippen LogP contribution in [0.1, 0.15) is 38.3 Å². The Morgan fingerprint density at radius 2 is 1.83 bits per heavy atom. The van der Waals surface area contributed by atoms with Gasteiger partial charge in [0.2, 0.25) is 5.91 Å². The molecule has 1 unspecified atom stereocenters. The average Bonchev–Trinajstić information content (AvgIpc) is 2.47. The lowest BCUT2D eigenvalue weighted by molar-refractivity contribution is -0.121. The van der Waals surface area contributed by atoms with Gasteiger partial charge in [-0.3, -0.25) is 4.79 Å². The van der Waals surface area contributed by atoms with Gasteiger partial charge in [-0.15, -0.1) is 0 Å². The van der Waals surface area contributed by atoms with Crippen molar-refractivity contribution in [3.05, 3.63) is 70.2 Å². The Kier molecular flexibility index (Phi) is 6.00. The number of benzene rings is 2. The van der Waals surface area contributed by atoms with E-state index >= 15 is 0 Å². The number of carbonyl (C=O) groups is 1. The van der Waals surface area contributed by atoms with E-state index in [4.69, 9.17) is 0 Å². The molecule has 2 nitrogen and oxygen atoms in total. The van der Waals surface area contributed by atoms with Crippen LogP contribution in [0, 0.1) is 0 Å². The predicted molar refractivity (Wildman–Crippen MR) is 99.5 cm³/mol. The van der Waals surface area contributed by atoms with E-state index in [-0.39, 0.29) is 17.4 Å². The second-order valence-corrected chi connectivity index (χ2v) is 7.64. The third-order valence-electron chi connectivity index (χ3n) is 4.03. The lowest BCUT2D eigenvalue weighted by Gasteiger charge is -2.29. The van der Waals surface area contributed by atoms with Crippen molar-refractivity contribution in [1.29, 1.82) is 0 Å². The normalized spacial score (nSPS) is 12.7. The summed E-state index contributed by atoms with van der Waals surface area (Å²) in [5.74, 6) is 0.0689. The maximum absolute atomic E-state index is 12.2. The molecule has 0 heterocycles. The first-order chi connectivity index (χ1) is 10.9. The molecule has 2 aromatic carbocycles. The fourth-order valence-corrected chi connectivity index (χ4v) is 3.43. The van der Waals surface area contributed by atoms with Crippen LogP contribution in [0.15, 0.2) is 59.1 Å². The van der Waals surface area contributed by atoms with Gasteiger partial charge in [-0.1, -0.05) is 72.2 Å². The first-order valence-electron chi connectivity index (χ1n) is 7.96. The summed E-state index contributed by atoms with van der Waals surface area (Å²) in [7, 11) is 0. The molecule has 122 valence electrons. The van der Waals surface area contributed by atoms with Gasteiger partial charge in [-0.2, -0.15) is 0 Å². The minimum absolute atomic E-state index is 0.0315. The molecule has 1 atom stereocenters. The van der Waals surface area contributed by atoms with Gasteiger partial charge in [0.1, 0.15) is 0 Å². The van der Waals surface area contributed by atoms with Crippen molar-refractivity contribution in [2.24, 2.45) is 0 Å². The molecule has 23 heavy (non-hydrogen) atoms. The molecule has 0 saturated carbocycles. The molecule has 0 aliphatic carbocycles. The number of carbonyl (C=O) groups excluding carboxylic acids is 1. The van der Waals surface area contributed by atoms with E-state index in [9.17, 15) is 4.79 Å². The second-order valence-electron chi connectivity index (χ2n) is 6.73. The Bertz CT molecular complexity index is 652. The molecule has 3 heteroatoms. The summed E-state index contributed by atoms with van der Waals surface area (Å²) in [5.41, 5.74) is 2.35. The number of hydrogen-bond donors (Lipinski definition) is 1. The number of rotatable bonds is 6. The summed E-state index contributed by atoms with van der Waals surface area (Å²) >= 11 is 3.44. The molecule has 0 aliphatic rings. The molecule has 0 aromatic heterocycles. The SMILES string of the molecule is CC(CC(C)(C)c1ccccc1)NC(=O)Cc1cccc(Br)c1. The van der Waals surface area contributed by atoms with Crippen LogP contribution in [-0.2, 0) is 16.6 Å². The maximum atomic E-state index is 12.2. The van der Waals surface area contributed by atoms with Gasteiger partial charge in [0.05, 0.1) is 6.42 Å². The van der Waals surface area contributed by atoms with E-state index < -0.39 is 0 Å². The number of hydrogen-bond acceptors (Lipinski definition) is 1. The monoisotopic (exact) mass is 373 g/mol. The summed E-state index contributed by atoms with van der Waals surface area (Å²) in [6.07, 6.45) is 1.32. The van der Waals surface area contributed by atoms with Crippen molar-refractivity contribution in [2.75, 3.05) is 0 Å². The first kappa shape index (κ1) is 17.7. The molecule has 0 bridgehead atoms. The fourth-order valence-electron chi connectivity index (χ4n) is 2.98. The highest BCUT2D eigenvalue weighted by Gasteiger charge is 2.23. The van der Waals surface area contributed by atoms with Gasteiger partial charge in [0, 0.05) is 10.5 Å². The molecule has 0 aliphatic heterocycles. The van der Waals surface area contributed by atoms with Crippen LogP contribution < -0.4 is 5.32 Å². The first-order valence-corrected chi connectivity index (χ1v) is 8.75. The van der Waals surface area contributed by atoms with Gasteiger partial charge in [-0.05, 0) is 42.0 Å². The minimum Gasteiger partial charge on any atom is -0.353 e. The molecule has 0 fully saturated rings. The van der Waals surface area contributed by atoms with E-state index in [1.807, 2.05) is 30.3 Å². The molecule has 2 aromatic rings. The highest BCUT2D eigenvalue weighted by atomic mass is 79.9. The van der Waals surface area contributed by atoms with Crippen molar-refractivity contribution in [2.45, 2.75) is 45.1 Å². The molecule has 0 radical (unpaired) electrons. The van der Waals surface area contributed by atoms with Crippen molar-refractivity contribution in [1.82, 2.24) is 5.32 Å². The number of amides is 1. The fraction of sp³-hybridized carbons (Fsp3) is 0.350. The summed E-state index contributed by atoms with van der Waals surface area (Å²) in [5, 5.41) is 3.12. The van der Waals surface area contributed by atoms with Crippen LogP contribution >= 0.6 is 15.9 Å². The van der Waals surface area contributed by atoms with Gasteiger partial charge >= 0.3 is 0 Å². The van der Waals surface area contributed by atoms with E-state index in [0.717, 1.165) is 16.5 Å². The smallest absolute Gasteiger partial charge is 0.224 e. The van der Waals surface area contributed by atoms with Crippen LogP contribution in [0.4, 0.5) is 0 Å². The highest BCUT2D eigenvalue weighted by Crippen LogP contribution is 2.28. The van der Waals surface area contributed by atoms with Crippen LogP contribution in [-0.4, -0.2) is 11.9 Å². The summed E-state index contributed by atoms with van der Waals surface area (Å²) in [6.45, 7) is 6.52. The predicted octanol–water partition coefficient (Wildman–Crippen LogP) is 4.86. The standard InChI is InChI=1S/C20H24BrNO/c1-15(14-20(2,3)17-9-5-4-6-10-17)22-19(23)13-16-8-7-11-18(21)12-16/h4-12,15H,13-14H2,1-3H3,(H,22,23). The molecule has 1 N–H and O–H groups in total. The van der Waals surface area contributed by atoms with Crippen LogP contribution in [0.5, 0.6) is 0 Å². The van der Waals surface area contributed by atoms with E-state index in [1.165, 1.54) is 5.56 Å². The topological polar surface area (TPSA) is 29.1 Å². The zero-order valence-electron chi connectivity index (χ0n) is 14.0. The number of nitrogens with one attached hydrogen (secondary N) is 1. The lowest BCUT2D eigenvalue weighted by atomic mass is 9.79. The molecular formula is C20H24BrNO. The third-order valence-corrected chi connectivity index (χ3v) is 4.53. The van der Waals surface area contributed by atoms with Crippen molar-refractivity contribution >= 4 is 21.8 Å². The van der Waals surface area contributed by atoms with Crippen molar-refractivity contribution in [3.8, 4) is 0 Å². The summed E-state index contributed by atoms with van der Waals surface area (Å²) in [6, 6.07) is 18.5. The van der Waals surface area contributed by atoms with Crippen LogP contribution in [0.3, 0.4) is 0 Å². The van der Waals surface area contributed by atoms with Gasteiger partial charge in [-0.25, -0.2) is 0 Å². The molecule has 2 rings (SSSR count). The van der Waals surface area contributed by atoms with Crippen molar-refractivity contribution < 1.29 is 4.79 Å². The second kappa shape index (κ2) is 7.78. The number of halogens is 1. The molecular weight excluding hydrogens is 350 g/mol. The molecule has 0 saturated heterocycles. The highest BCUT2D eigenvalue weighted by molar-refractivity contribution is 9.10. The Morgan fingerprint density at radius 3 is 2.48 bits per heavy atom. The van der Waals surface area contributed by atoms with Gasteiger partial charge in [0.25, 0.3) is 0 Å². The van der Waals surface area contributed by atoms with Crippen LogP contribution in [0.2, 0.25) is 0 Å². The quantitative estimate of drug-likeness (QED) is 0.768. The maximum Gasteiger partial charge on any atom is 0.224 e. The third kappa shape index (κ3) is 5.51. The Morgan fingerprint density at radius 1 is 1.13 bits per heavy atom. The van der Waals surface area contributed by atoms with E-state index in [1.54, 1.807) is 0 Å². The van der Waals surface area contributed by atoms with Gasteiger partial charge in [0.15, 0.2) is 0 Å². The lowest BCUT2D eigenvalue weighted by Crippen LogP contribution is -2.38. The largest absolute Gasteiger partial charge is 0.353 e. The molecule has 0 spiro atoms. The zero-order valence-corrected chi connectivity index (χ0v) is 15.6. The zero-order chi connectivity index (χ0) is 16.9.